The van der Waals surface area contributed by atoms with E-state index in [1.165, 1.54) is 0 Å². The first-order valence-electron chi connectivity index (χ1n) is 11.1. The molecule has 2 aromatic rings. The molecule has 2 aliphatic heterocycles. The predicted molar refractivity (Wildman–Crippen MR) is 123 cm³/mol. The van der Waals surface area contributed by atoms with Crippen molar-refractivity contribution in [1.82, 2.24) is 10.6 Å². The highest BCUT2D eigenvalue weighted by Crippen LogP contribution is 2.36. The SMILES string of the molecule is CN1C(=O)Cc2ccc(-c3ccc(CC(C#N)NC(=O)[C@H]4NC5CCC4C5)c(Cl)c3)cc21. The van der Waals surface area contributed by atoms with Gasteiger partial charge in [0.1, 0.15) is 6.04 Å². The molecule has 7 heteroatoms. The summed E-state index contributed by atoms with van der Waals surface area (Å²) < 4.78 is 0. The van der Waals surface area contributed by atoms with Crippen molar-refractivity contribution in [3.63, 3.8) is 0 Å². The van der Waals surface area contributed by atoms with Crippen LogP contribution in [0.25, 0.3) is 11.1 Å². The number of likely N-dealkylation sites (N-methyl/N-ethyl adjacent to an activating group) is 1. The van der Waals surface area contributed by atoms with Crippen LogP contribution < -0.4 is 15.5 Å². The van der Waals surface area contributed by atoms with Crippen LogP contribution in [0.5, 0.6) is 0 Å². The second kappa shape index (κ2) is 8.23. The number of nitrogens with one attached hydrogen (secondary N) is 2. The standard InChI is InChI=1S/C25H25ClN4O2/c1-30-22-11-15(3-5-17(22)12-23(30)31)14-2-4-16(21(26)10-14)8-20(13-27)29-25(32)24-18-6-7-19(9-18)28-24/h2-5,10-11,18-20,24,28H,6-9,12H2,1H3,(H,29,32)/t18?,19?,20?,24-/m0/s1. The predicted octanol–water partition coefficient (Wildman–Crippen LogP) is 3.22. The number of piperidine rings is 1. The highest BCUT2D eigenvalue weighted by molar-refractivity contribution is 6.31. The Morgan fingerprint density at radius 2 is 2.06 bits per heavy atom. The quantitative estimate of drug-likeness (QED) is 0.735. The Labute approximate surface area is 192 Å². The molecule has 2 N–H and O–H groups in total. The topological polar surface area (TPSA) is 85.2 Å². The minimum absolute atomic E-state index is 0.0895. The maximum absolute atomic E-state index is 12.7. The number of amides is 2. The van der Waals surface area contributed by atoms with Crippen molar-refractivity contribution >= 4 is 29.1 Å². The summed E-state index contributed by atoms with van der Waals surface area (Å²) in [6, 6.07) is 13.6. The number of carbonyl (C=O) groups excluding carboxylic acids is 2. The fraction of sp³-hybridized carbons (Fsp3) is 0.400. The molecule has 2 bridgehead atoms. The molecule has 2 aromatic carbocycles. The molecular weight excluding hydrogens is 424 g/mol. The van der Waals surface area contributed by atoms with Crippen LogP contribution in [0.15, 0.2) is 36.4 Å². The smallest absolute Gasteiger partial charge is 0.238 e. The molecule has 3 aliphatic rings. The molecule has 1 saturated heterocycles. The van der Waals surface area contributed by atoms with E-state index in [4.69, 9.17) is 11.6 Å². The maximum Gasteiger partial charge on any atom is 0.238 e. The number of nitrogens with zero attached hydrogens (tertiary/aromatic N) is 2. The van der Waals surface area contributed by atoms with E-state index in [-0.39, 0.29) is 17.9 Å². The fourth-order valence-corrected chi connectivity index (χ4v) is 5.53. The summed E-state index contributed by atoms with van der Waals surface area (Å²) in [5, 5.41) is 16.4. The largest absolute Gasteiger partial charge is 0.339 e. The van der Waals surface area contributed by atoms with Crippen molar-refractivity contribution in [1.29, 1.82) is 5.26 Å². The summed E-state index contributed by atoms with van der Waals surface area (Å²) in [4.78, 5) is 26.3. The zero-order chi connectivity index (χ0) is 22.4. The molecule has 1 saturated carbocycles. The molecule has 2 fully saturated rings. The van der Waals surface area contributed by atoms with E-state index in [2.05, 4.69) is 16.7 Å². The van der Waals surface area contributed by atoms with Gasteiger partial charge in [0.25, 0.3) is 0 Å². The van der Waals surface area contributed by atoms with Crippen molar-refractivity contribution in [2.45, 2.75) is 50.2 Å². The Kier molecular flexibility index (Phi) is 5.40. The van der Waals surface area contributed by atoms with Gasteiger partial charge in [0, 0.05) is 30.2 Å². The molecule has 6 nitrogen and oxygen atoms in total. The molecule has 164 valence electrons. The van der Waals surface area contributed by atoms with Crippen LogP contribution in [0.1, 0.15) is 30.4 Å². The van der Waals surface area contributed by atoms with Crippen LogP contribution in [0.3, 0.4) is 0 Å². The van der Waals surface area contributed by atoms with E-state index in [0.29, 0.717) is 29.8 Å². The van der Waals surface area contributed by atoms with Gasteiger partial charge in [0.2, 0.25) is 11.8 Å². The number of halogens is 1. The van der Waals surface area contributed by atoms with Gasteiger partial charge in [-0.25, -0.2) is 0 Å². The minimum atomic E-state index is -0.633. The molecule has 3 unspecified atom stereocenters. The third kappa shape index (κ3) is 3.76. The van der Waals surface area contributed by atoms with Gasteiger partial charge in [-0.05, 0) is 59.6 Å². The van der Waals surface area contributed by atoms with E-state index in [9.17, 15) is 14.9 Å². The number of nitriles is 1. The molecule has 2 amide bonds. The second-order valence-corrected chi connectivity index (χ2v) is 9.50. The Morgan fingerprint density at radius 3 is 2.75 bits per heavy atom. The van der Waals surface area contributed by atoms with Gasteiger partial charge in [0.05, 0.1) is 18.5 Å². The number of fused-ring (bicyclic) bond motifs is 3. The van der Waals surface area contributed by atoms with Crippen molar-refractivity contribution in [2.24, 2.45) is 5.92 Å². The lowest BCUT2D eigenvalue weighted by Crippen LogP contribution is -2.50. The number of benzene rings is 2. The van der Waals surface area contributed by atoms with Gasteiger partial charge in [-0.15, -0.1) is 0 Å². The molecule has 0 aromatic heterocycles. The molecule has 5 rings (SSSR count). The molecule has 32 heavy (non-hydrogen) atoms. The Morgan fingerprint density at radius 1 is 1.28 bits per heavy atom. The first-order chi connectivity index (χ1) is 15.4. The van der Waals surface area contributed by atoms with Crippen LogP contribution >= 0.6 is 11.6 Å². The lowest BCUT2D eigenvalue weighted by molar-refractivity contribution is -0.124. The minimum Gasteiger partial charge on any atom is -0.339 e. The van der Waals surface area contributed by atoms with Gasteiger partial charge < -0.3 is 15.5 Å². The maximum atomic E-state index is 12.7. The third-order valence-corrected chi connectivity index (χ3v) is 7.44. The zero-order valence-corrected chi connectivity index (χ0v) is 18.7. The van der Waals surface area contributed by atoms with Crippen LogP contribution in [0.2, 0.25) is 5.02 Å². The molecular formula is C25H25ClN4O2. The Balaban J connectivity index is 1.29. The Bertz CT molecular complexity index is 1140. The average Bonchev–Trinajstić information content (AvgIpc) is 3.50. The van der Waals surface area contributed by atoms with Crippen molar-refractivity contribution in [2.75, 3.05) is 11.9 Å². The van der Waals surface area contributed by atoms with Crippen LogP contribution in [-0.4, -0.2) is 37.0 Å². The molecule has 0 spiro atoms. The van der Waals surface area contributed by atoms with Gasteiger partial charge >= 0.3 is 0 Å². The van der Waals surface area contributed by atoms with E-state index in [1.807, 2.05) is 36.4 Å². The van der Waals surface area contributed by atoms with Crippen LogP contribution in [0, 0.1) is 17.2 Å². The van der Waals surface area contributed by atoms with E-state index >= 15 is 0 Å². The van der Waals surface area contributed by atoms with Crippen molar-refractivity contribution in [3.8, 4) is 17.2 Å². The molecule has 1 aliphatic carbocycles. The lowest BCUT2D eigenvalue weighted by atomic mass is 9.97. The monoisotopic (exact) mass is 448 g/mol. The van der Waals surface area contributed by atoms with Gasteiger partial charge in [0.15, 0.2) is 0 Å². The number of rotatable bonds is 5. The van der Waals surface area contributed by atoms with Crippen molar-refractivity contribution in [3.05, 3.63) is 52.5 Å². The van der Waals surface area contributed by atoms with E-state index in [0.717, 1.165) is 47.2 Å². The summed E-state index contributed by atoms with van der Waals surface area (Å²) in [6.07, 6.45) is 4.05. The fourth-order valence-electron chi connectivity index (χ4n) is 5.27. The summed E-state index contributed by atoms with van der Waals surface area (Å²) in [5.74, 6) is 0.382. The normalized spacial score (nSPS) is 24.3. The first kappa shape index (κ1) is 21.0. The van der Waals surface area contributed by atoms with E-state index in [1.54, 1.807) is 11.9 Å². The summed E-state index contributed by atoms with van der Waals surface area (Å²) in [5.41, 5.74) is 4.69. The summed E-state index contributed by atoms with van der Waals surface area (Å²) in [7, 11) is 1.79. The second-order valence-electron chi connectivity index (χ2n) is 9.09. The zero-order valence-electron chi connectivity index (χ0n) is 17.9. The Hall–Kier alpha value is -2.88. The van der Waals surface area contributed by atoms with Crippen LogP contribution in [-0.2, 0) is 22.4 Å². The van der Waals surface area contributed by atoms with Gasteiger partial charge in [-0.2, -0.15) is 5.26 Å². The summed E-state index contributed by atoms with van der Waals surface area (Å²) >= 11 is 6.57. The van der Waals surface area contributed by atoms with Gasteiger partial charge in [-0.1, -0.05) is 35.9 Å². The number of anilines is 1. The molecule has 2 heterocycles. The first-order valence-corrected chi connectivity index (χ1v) is 11.4. The lowest BCUT2D eigenvalue weighted by Gasteiger charge is -2.23. The van der Waals surface area contributed by atoms with Crippen LogP contribution in [0.4, 0.5) is 5.69 Å². The number of hydrogen-bond acceptors (Lipinski definition) is 4. The number of hydrogen-bond donors (Lipinski definition) is 2. The van der Waals surface area contributed by atoms with Gasteiger partial charge in [-0.3, -0.25) is 9.59 Å². The molecule has 0 radical (unpaired) electrons. The average molecular weight is 449 g/mol. The van der Waals surface area contributed by atoms with Crippen molar-refractivity contribution < 1.29 is 9.59 Å². The van der Waals surface area contributed by atoms with E-state index < -0.39 is 6.04 Å². The highest BCUT2D eigenvalue weighted by Gasteiger charge is 2.43. The molecule has 4 atom stereocenters. The summed E-state index contributed by atoms with van der Waals surface area (Å²) in [6.45, 7) is 0. The third-order valence-electron chi connectivity index (χ3n) is 7.09. The number of carbonyl (C=O) groups is 2. The highest BCUT2D eigenvalue weighted by atomic mass is 35.5.